The first-order valence-corrected chi connectivity index (χ1v) is 10.4. The number of hydrogen-bond donors (Lipinski definition) is 0. The molecule has 0 amide bonds. The second-order valence-corrected chi connectivity index (χ2v) is 8.06. The molecule has 1 saturated heterocycles. The Morgan fingerprint density at radius 3 is 2.76 bits per heavy atom. The van der Waals surface area contributed by atoms with Gasteiger partial charge in [0.2, 0.25) is 5.78 Å². The van der Waals surface area contributed by atoms with E-state index in [1.165, 1.54) is 19.3 Å². The monoisotopic (exact) mass is 383 g/mol. The van der Waals surface area contributed by atoms with Crippen molar-refractivity contribution in [3.63, 3.8) is 0 Å². The Kier molecular flexibility index (Phi) is 4.64. The number of pyridine rings is 1. The number of likely N-dealkylation sites (tertiary alicyclic amines) is 1. The van der Waals surface area contributed by atoms with Gasteiger partial charge in [-0.05, 0) is 44.6 Å². The predicted octanol–water partition coefficient (Wildman–Crippen LogP) is 4.90. The molecule has 0 spiro atoms. The van der Waals surface area contributed by atoms with Gasteiger partial charge in [-0.2, -0.15) is 0 Å². The number of para-hydroxylation sites is 2. The highest BCUT2D eigenvalue weighted by Gasteiger charge is 2.22. The van der Waals surface area contributed by atoms with Crippen molar-refractivity contribution >= 4 is 27.6 Å². The van der Waals surface area contributed by atoms with Gasteiger partial charge in [0.15, 0.2) is 0 Å². The fourth-order valence-electron chi connectivity index (χ4n) is 4.51. The van der Waals surface area contributed by atoms with Crippen molar-refractivity contribution in [1.82, 2.24) is 14.5 Å². The second-order valence-electron chi connectivity index (χ2n) is 8.06. The number of piperidine rings is 1. The molecule has 0 radical (unpaired) electrons. The van der Waals surface area contributed by atoms with Crippen molar-refractivity contribution in [2.45, 2.75) is 31.8 Å². The van der Waals surface area contributed by atoms with Gasteiger partial charge in [0.05, 0.1) is 5.52 Å². The van der Waals surface area contributed by atoms with Crippen LogP contribution in [0.25, 0.3) is 21.8 Å². The summed E-state index contributed by atoms with van der Waals surface area (Å²) in [5, 5.41) is 2.05. The molecule has 4 heteroatoms. The molecule has 0 bridgehead atoms. The smallest absolute Gasteiger partial charge is 0.213 e. The number of rotatable bonds is 4. The van der Waals surface area contributed by atoms with Crippen LogP contribution in [0, 0.1) is 0 Å². The van der Waals surface area contributed by atoms with E-state index in [-0.39, 0.29) is 5.78 Å². The van der Waals surface area contributed by atoms with Gasteiger partial charge in [-0.25, -0.2) is 4.98 Å². The molecule has 146 valence electrons. The van der Waals surface area contributed by atoms with E-state index in [0.717, 1.165) is 40.5 Å². The molecule has 4 nitrogen and oxygen atoms in total. The van der Waals surface area contributed by atoms with Crippen molar-refractivity contribution in [2.75, 3.05) is 13.6 Å². The molecule has 29 heavy (non-hydrogen) atoms. The normalized spacial score (nSPS) is 17.8. The number of carbonyl (C=O) groups excluding carboxylic acids is 1. The van der Waals surface area contributed by atoms with Crippen molar-refractivity contribution < 1.29 is 4.79 Å². The maximum Gasteiger partial charge on any atom is 0.213 e. The minimum Gasteiger partial charge on any atom is -0.345 e. The third-order valence-electron chi connectivity index (χ3n) is 6.19. The summed E-state index contributed by atoms with van der Waals surface area (Å²) >= 11 is 0. The minimum atomic E-state index is -0.0114. The largest absolute Gasteiger partial charge is 0.345 e. The van der Waals surface area contributed by atoms with Crippen LogP contribution in [-0.4, -0.2) is 39.9 Å². The Morgan fingerprint density at radius 1 is 1.03 bits per heavy atom. The number of benzene rings is 2. The number of likely N-dealkylation sites (N-methyl/N-ethyl adjacent to an activating group) is 1. The molecule has 1 aliphatic heterocycles. The number of fused-ring (bicyclic) bond motifs is 2. The molecule has 4 aromatic rings. The van der Waals surface area contributed by atoms with E-state index >= 15 is 0 Å². The second kappa shape index (κ2) is 7.45. The lowest BCUT2D eigenvalue weighted by atomic mass is 10.0. The van der Waals surface area contributed by atoms with Crippen LogP contribution in [0.15, 0.2) is 66.9 Å². The van der Waals surface area contributed by atoms with Gasteiger partial charge in [-0.1, -0.05) is 48.9 Å². The van der Waals surface area contributed by atoms with E-state index in [4.69, 9.17) is 0 Å². The molecule has 1 aliphatic rings. The Morgan fingerprint density at radius 2 is 1.86 bits per heavy atom. The van der Waals surface area contributed by atoms with Crippen molar-refractivity contribution in [2.24, 2.45) is 0 Å². The van der Waals surface area contributed by atoms with Crippen LogP contribution in [0.2, 0.25) is 0 Å². The topological polar surface area (TPSA) is 38.1 Å². The summed E-state index contributed by atoms with van der Waals surface area (Å²) in [6, 6.07) is 20.5. The van der Waals surface area contributed by atoms with Crippen LogP contribution in [0.5, 0.6) is 0 Å². The van der Waals surface area contributed by atoms with Gasteiger partial charge >= 0.3 is 0 Å². The number of nitrogens with zero attached hydrogens (tertiary/aromatic N) is 3. The van der Waals surface area contributed by atoms with Gasteiger partial charge in [-0.3, -0.25) is 4.79 Å². The van der Waals surface area contributed by atoms with Crippen LogP contribution >= 0.6 is 0 Å². The first-order valence-electron chi connectivity index (χ1n) is 10.4. The standard InChI is InChI=1S/C25H25N3O/c1-27-15-7-6-9-19(27)16-28-17-21(20-10-3-5-12-24(20)28)25(29)23-14-13-18-8-2-4-11-22(18)26-23/h2-5,8,10-14,17,19H,6-7,9,15-16H2,1H3. The molecule has 1 unspecified atom stereocenters. The number of hydrogen-bond acceptors (Lipinski definition) is 3. The third kappa shape index (κ3) is 3.34. The van der Waals surface area contributed by atoms with Crippen molar-refractivity contribution in [3.05, 3.63) is 78.1 Å². The van der Waals surface area contributed by atoms with E-state index in [9.17, 15) is 4.79 Å². The fraction of sp³-hybridized carbons (Fsp3) is 0.280. The van der Waals surface area contributed by atoms with Gasteiger partial charge in [0.1, 0.15) is 5.69 Å². The van der Waals surface area contributed by atoms with E-state index in [1.807, 2.05) is 60.8 Å². The molecule has 0 aliphatic carbocycles. The van der Waals surface area contributed by atoms with Crippen molar-refractivity contribution in [1.29, 1.82) is 0 Å². The van der Waals surface area contributed by atoms with Gasteiger partial charge in [0.25, 0.3) is 0 Å². The van der Waals surface area contributed by atoms with E-state index < -0.39 is 0 Å². The van der Waals surface area contributed by atoms with Crippen LogP contribution in [0.1, 0.15) is 35.3 Å². The molecular formula is C25H25N3O. The summed E-state index contributed by atoms with van der Waals surface area (Å²) < 4.78 is 2.26. The summed E-state index contributed by atoms with van der Waals surface area (Å²) in [7, 11) is 2.21. The zero-order chi connectivity index (χ0) is 19.8. The highest BCUT2D eigenvalue weighted by atomic mass is 16.1. The maximum atomic E-state index is 13.4. The Balaban J connectivity index is 1.54. The molecule has 5 rings (SSSR count). The lowest BCUT2D eigenvalue weighted by Gasteiger charge is -2.32. The molecular weight excluding hydrogens is 358 g/mol. The fourth-order valence-corrected chi connectivity index (χ4v) is 4.51. The maximum absolute atomic E-state index is 13.4. The van der Waals surface area contributed by atoms with Gasteiger partial charge in [0, 0.05) is 40.6 Å². The Labute approximate surface area is 170 Å². The summed E-state index contributed by atoms with van der Waals surface area (Å²) in [6.45, 7) is 2.06. The number of aromatic nitrogens is 2. The van der Waals surface area contributed by atoms with Crippen molar-refractivity contribution in [3.8, 4) is 0 Å². The third-order valence-corrected chi connectivity index (χ3v) is 6.19. The summed E-state index contributed by atoms with van der Waals surface area (Å²) in [5.74, 6) is -0.0114. The van der Waals surface area contributed by atoms with Crippen LogP contribution in [0.4, 0.5) is 0 Å². The summed E-state index contributed by atoms with van der Waals surface area (Å²) in [5.41, 5.74) is 3.21. The van der Waals surface area contributed by atoms with E-state index in [1.54, 1.807) is 0 Å². The SMILES string of the molecule is CN1CCCCC1Cn1cc(C(=O)c2ccc3ccccc3n2)c2ccccc21. The molecule has 1 fully saturated rings. The van der Waals surface area contributed by atoms with Gasteiger partial charge < -0.3 is 9.47 Å². The summed E-state index contributed by atoms with van der Waals surface area (Å²) in [6.07, 6.45) is 5.79. The Bertz CT molecular complexity index is 1190. The molecule has 2 aromatic carbocycles. The van der Waals surface area contributed by atoms with Gasteiger partial charge in [-0.15, -0.1) is 0 Å². The molecule has 1 atom stereocenters. The quantitative estimate of drug-likeness (QED) is 0.470. The molecule has 0 N–H and O–H groups in total. The Hall–Kier alpha value is -2.98. The first kappa shape index (κ1) is 18.1. The summed E-state index contributed by atoms with van der Waals surface area (Å²) in [4.78, 5) is 20.5. The minimum absolute atomic E-state index is 0.0114. The molecule has 3 heterocycles. The average molecular weight is 383 g/mol. The zero-order valence-electron chi connectivity index (χ0n) is 16.7. The first-order chi connectivity index (χ1) is 14.2. The molecule has 0 saturated carbocycles. The average Bonchev–Trinajstić information content (AvgIpc) is 3.13. The molecule has 2 aromatic heterocycles. The van der Waals surface area contributed by atoms with E-state index in [2.05, 4.69) is 27.6 Å². The zero-order valence-corrected chi connectivity index (χ0v) is 16.7. The highest BCUT2D eigenvalue weighted by Crippen LogP contribution is 2.26. The van der Waals surface area contributed by atoms with Crippen LogP contribution in [0.3, 0.4) is 0 Å². The highest BCUT2D eigenvalue weighted by molar-refractivity contribution is 6.16. The number of ketones is 1. The number of carbonyl (C=O) groups is 1. The lowest BCUT2D eigenvalue weighted by molar-refractivity contribution is 0.103. The van der Waals surface area contributed by atoms with Crippen LogP contribution < -0.4 is 0 Å². The predicted molar refractivity (Wildman–Crippen MR) is 117 cm³/mol. The van der Waals surface area contributed by atoms with E-state index in [0.29, 0.717) is 11.7 Å². The lowest BCUT2D eigenvalue weighted by Crippen LogP contribution is -2.39. The van der Waals surface area contributed by atoms with Crippen LogP contribution in [-0.2, 0) is 6.54 Å².